The summed E-state index contributed by atoms with van der Waals surface area (Å²) in [6.07, 6.45) is 0. The van der Waals surface area contributed by atoms with E-state index in [2.05, 4.69) is 34.1 Å². The van der Waals surface area contributed by atoms with Crippen LogP contribution in [0.4, 0.5) is 0 Å². The highest BCUT2D eigenvalue weighted by Gasteiger charge is 2.21. The lowest BCUT2D eigenvalue weighted by molar-refractivity contribution is 0.0876. The molecular weight excluding hydrogens is 316 g/mol. The molecule has 0 saturated carbocycles. The molecule has 134 valence electrons. The van der Waals surface area contributed by atoms with E-state index in [1.807, 2.05) is 30.3 Å². The maximum Gasteiger partial charge on any atom is 0.273 e. The van der Waals surface area contributed by atoms with Crippen LogP contribution in [0.5, 0.6) is 0 Å². The number of nitrogens with one attached hydrogen (secondary N) is 1. The minimum atomic E-state index is -0.190. The predicted molar refractivity (Wildman–Crippen MR) is 97.4 cm³/mol. The van der Waals surface area contributed by atoms with Gasteiger partial charge in [0.1, 0.15) is 0 Å². The standard InChI is InChI=1S/C19H26N4O2/c1-3-22-9-11-23(12-10-22)15(2)14-20-19(24)17-13-18(25-21-17)16-7-5-4-6-8-16/h4-8,13,15H,3,9-12,14H2,1-2H3,(H,20,24). The Hall–Kier alpha value is -2.18. The van der Waals surface area contributed by atoms with E-state index in [0.29, 0.717) is 24.0 Å². The summed E-state index contributed by atoms with van der Waals surface area (Å²) >= 11 is 0. The third-order valence-corrected chi connectivity index (χ3v) is 4.84. The molecule has 0 spiro atoms. The molecule has 0 aliphatic carbocycles. The molecule has 1 aliphatic heterocycles. The molecule has 25 heavy (non-hydrogen) atoms. The number of rotatable bonds is 6. The molecule has 6 nitrogen and oxygen atoms in total. The van der Waals surface area contributed by atoms with Gasteiger partial charge in [-0.1, -0.05) is 42.4 Å². The number of carbonyl (C=O) groups is 1. The zero-order valence-electron chi connectivity index (χ0n) is 14.9. The minimum Gasteiger partial charge on any atom is -0.355 e. The first-order valence-corrected chi connectivity index (χ1v) is 8.94. The van der Waals surface area contributed by atoms with Crippen LogP contribution in [0.2, 0.25) is 0 Å². The van der Waals surface area contributed by atoms with Crippen LogP contribution in [0.25, 0.3) is 11.3 Å². The third-order valence-electron chi connectivity index (χ3n) is 4.84. The largest absolute Gasteiger partial charge is 0.355 e. The summed E-state index contributed by atoms with van der Waals surface area (Å²) in [5, 5.41) is 6.87. The summed E-state index contributed by atoms with van der Waals surface area (Å²) in [4.78, 5) is 17.2. The predicted octanol–water partition coefficient (Wildman–Crippen LogP) is 2.10. The molecule has 1 aromatic heterocycles. The second kappa shape index (κ2) is 8.27. The van der Waals surface area contributed by atoms with Crippen LogP contribution in [0.1, 0.15) is 24.3 Å². The Morgan fingerprint density at radius 1 is 1.24 bits per heavy atom. The van der Waals surface area contributed by atoms with Gasteiger partial charge in [-0.15, -0.1) is 0 Å². The van der Waals surface area contributed by atoms with Crippen molar-refractivity contribution in [3.8, 4) is 11.3 Å². The number of benzene rings is 1. The number of likely N-dealkylation sites (N-methyl/N-ethyl adjacent to an activating group) is 1. The summed E-state index contributed by atoms with van der Waals surface area (Å²) in [7, 11) is 0. The van der Waals surface area contributed by atoms with Crippen LogP contribution in [-0.2, 0) is 0 Å². The van der Waals surface area contributed by atoms with Crippen LogP contribution in [0.15, 0.2) is 40.9 Å². The fourth-order valence-corrected chi connectivity index (χ4v) is 3.10. The van der Waals surface area contributed by atoms with E-state index in [0.717, 1.165) is 38.3 Å². The normalized spacial score (nSPS) is 17.4. The first-order chi connectivity index (χ1) is 12.2. The van der Waals surface area contributed by atoms with E-state index in [-0.39, 0.29) is 5.91 Å². The summed E-state index contributed by atoms with van der Waals surface area (Å²) < 4.78 is 5.29. The Bertz CT molecular complexity index is 678. The van der Waals surface area contributed by atoms with Crippen molar-refractivity contribution in [1.29, 1.82) is 0 Å². The maximum absolute atomic E-state index is 12.3. The molecule has 1 atom stereocenters. The molecule has 1 saturated heterocycles. The van der Waals surface area contributed by atoms with E-state index in [4.69, 9.17) is 4.52 Å². The van der Waals surface area contributed by atoms with E-state index >= 15 is 0 Å². The van der Waals surface area contributed by atoms with Crippen molar-refractivity contribution < 1.29 is 9.32 Å². The molecule has 1 amide bonds. The average molecular weight is 342 g/mol. The molecular formula is C19H26N4O2. The van der Waals surface area contributed by atoms with E-state index in [9.17, 15) is 4.79 Å². The molecule has 0 bridgehead atoms. The average Bonchev–Trinajstić information content (AvgIpc) is 3.17. The van der Waals surface area contributed by atoms with Crippen molar-refractivity contribution >= 4 is 5.91 Å². The molecule has 2 aromatic rings. The summed E-state index contributed by atoms with van der Waals surface area (Å²) in [6.45, 7) is 10.4. The number of piperazine rings is 1. The lowest BCUT2D eigenvalue weighted by atomic mass is 10.1. The van der Waals surface area contributed by atoms with Gasteiger partial charge in [-0.2, -0.15) is 0 Å². The fourth-order valence-electron chi connectivity index (χ4n) is 3.10. The zero-order chi connectivity index (χ0) is 17.6. The number of hydrogen-bond donors (Lipinski definition) is 1. The molecule has 1 unspecified atom stereocenters. The van der Waals surface area contributed by atoms with Crippen LogP contribution >= 0.6 is 0 Å². The van der Waals surface area contributed by atoms with Crippen LogP contribution in [0, 0.1) is 0 Å². The Labute approximate surface area is 148 Å². The van der Waals surface area contributed by atoms with E-state index in [1.165, 1.54) is 0 Å². The molecule has 1 fully saturated rings. The van der Waals surface area contributed by atoms with Gasteiger partial charge in [0.25, 0.3) is 5.91 Å². The van der Waals surface area contributed by atoms with Gasteiger partial charge < -0.3 is 14.7 Å². The topological polar surface area (TPSA) is 61.6 Å². The van der Waals surface area contributed by atoms with Crippen molar-refractivity contribution in [2.24, 2.45) is 0 Å². The van der Waals surface area contributed by atoms with Gasteiger partial charge in [0.2, 0.25) is 0 Å². The molecule has 1 aromatic carbocycles. The number of amides is 1. The summed E-state index contributed by atoms with van der Waals surface area (Å²) in [5.41, 5.74) is 1.23. The van der Waals surface area contributed by atoms with Gasteiger partial charge in [-0.3, -0.25) is 9.69 Å². The smallest absolute Gasteiger partial charge is 0.273 e. The van der Waals surface area contributed by atoms with Gasteiger partial charge in [0.15, 0.2) is 11.5 Å². The minimum absolute atomic E-state index is 0.190. The fraction of sp³-hybridized carbons (Fsp3) is 0.474. The van der Waals surface area contributed by atoms with Gasteiger partial charge in [-0.05, 0) is 13.5 Å². The molecule has 2 heterocycles. The highest BCUT2D eigenvalue weighted by atomic mass is 16.5. The highest BCUT2D eigenvalue weighted by Crippen LogP contribution is 2.19. The number of carbonyl (C=O) groups excluding carboxylic acids is 1. The Kier molecular flexibility index (Phi) is 5.83. The van der Waals surface area contributed by atoms with Crippen molar-refractivity contribution in [3.63, 3.8) is 0 Å². The highest BCUT2D eigenvalue weighted by molar-refractivity contribution is 5.93. The van der Waals surface area contributed by atoms with Crippen molar-refractivity contribution in [2.75, 3.05) is 39.3 Å². The number of nitrogens with zero attached hydrogens (tertiary/aromatic N) is 3. The first-order valence-electron chi connectivity index (χ1n) is 8.94. The Morgan fingerprint density at radius 3 is 2.64 bits per heavy atom. The lowest BCUT2D eigenvalue weighted by Gasteiger charge is -2.37. The first kappa shape index (κ1) is 17.6. The molecule has 3 rings (SSSR count). The van der Waals surface area contributed by atoms with Crippen LogP contribution in [-0.4, -0.2) is 66.2 Å². The molecule has 1 N–H and O–H groups in total. The monoisotopic (exact) mass is 342 g/mol. The van der Waals surface area contributed by atoms with Crippen molar-refractivity contribution in [2.45, 2.75) is 19.9 Å². The molecule has 0 radical (unpaired) electrons. The van der Waals surface area contributed by atoms with Crippen molar-refractivity contribution in [3.05, 3.63) is 42.1 Å². The van der Waals surface area contributed by atoms with Gasteiger partial charge in [-0.25, -0.2) is 0 Å². The lowest BCUT2D eigenvalue weighted by Crippen LogP contribution is -2.52. The van der Waals surface area contributed by atoms with Crippen molar-refractivity contribution in [1.82, 2.24) is 20.3 Å². The third kappa shape index (κ3) is 4.46. The van der Waals surface area contributed by atoms with E-state index < -0.39 is 0 Å². The van der Waals surface area contributed by atoms with Crippen LogP contribution in [0.3, 0.4) is 0 Å². The van der Waals surface area contributed by atoms with Gasteiger partial charge >= 0.3 is 0 Å². The second-order valence-corrected chi connectivity index (χ2v) is 6.47. The quantitative estimate of drug-likeness (QED) is 0.871. The number of hydrogen-bond acceptors (Lipinski definition) is 5. The summed E-state index contributed by atoms with van der Waals surface area (Å²) in [5.74, 6) is 0.416. The van der Waals surface area contributed by atoms with Gasteiger partial charge in [0, 0.05) is 50.4 Å². The maximum atomic E-state index is 12.3. The van der Waals surface area contributed by atoms with Gasteiger partial charge in [0.05, 0.1) is 0 Å². The summed E-state index contributed by atoms with van der Waals surface area (Å²) in [6, 6.07) is 11.7. The Balaban J connectivity index is 1.50. The Morgan fingerprint density at radius 2 is 1.96 bits per heavy atom. The molecule has 1 aliphatic rings. The zero-order valence-corrected chi connectivity index (χ0v) is 14.9. The SMILES string of the molecule is CCN1CCN(C(C)CNC(=O)c2cc(-c3ccccc3)on2)CC1. The second-order valence-electron chi connectivity index (χ2n) is 6.47. The van der Waals surface area contributed by atoms with E-state index in [1.54, 1.807) is 6.07 Å². The number of aromatic nitrogens is 1. The molecule has 6 heteroatoms. The van der Waals surface area contributed by atoms with Crippen LogP contribution < -0.4 is 5.32 Å².